The number of carbonyl (C=O) groups excluding carboxylic acids is 1. The molecule has 96 valence electrons. The predicted molar refractivity (Wildman–Crippen MR) is 85.6 cm³/mol. The van der Waals surface area contributed by atoms with Crippen LogP contribution in [0, 0.1) is 0 Å². The summed E-state index contributed by atoms with van der Waals surface area (Å²) in [4.78, 5) is 11.0. The number of hydrogen-bond donors (Lipinski definition) is 2. The normalized spacial score (nSPS) is 17.7. The van der Waals surface area contributed by atoms with Crippen molar-refractivity contribution < 1.29 is 4.79 Å². The van der Waals surface area contributed by atoms with Crippen molar-refractivity contribution in [3.05, 3.63) is 29.8 Å². The van der Waals surface area contributed by atoms with Crippen LogP contribution in [0.1, 0.15) is 12.5 Å². The van der Waals surface area contributed by atoms with Crippen molar-refractivity contribution in [1.29, 1.82) is 0 Å². The highest BCUT2D eigenvalue weighted by molar-refractivity contribution is 9.30. The number of anilines is 1. The van der Waals surface area contributed by atoms with Crippen LogP contribution in [-0.4, -0.2) is 17.0 Å². The molecule has 0 bridgehead atoms. The van der Waals surface area contributed by atoms with Gasteiger partial charge in [0, 0.05) is 18.4 Å². The zero-order chi connectivity index (χ0) is 13.0. The molecule has 0 unspecified atom stereocenters. The van der Waals surface area contributed by atoms with E-state index in [0.29, 0.717) is 0 Å². The van der Waals surface area contributed by atoms with Crippen LogP contribution >= 0.6 is 30.5 Å². The third kappa shape index (κ3) is 3.79. The summed E-state index contributed by atoms with van der Waals surface area (Å²) >= 11 is 4.57. The van der Waals surface area contributed by atoms with E-state index in [1.54, 1.807) is 21.9 Å². The SMILES string of the molecule is CC(=O)Nc1cccc(CSS2(S)C=NN=C2)c1. The van der Waals surface area contributed by atoms with Crippen LogP contribution in [0.3, 0.4) is 0 Å². The third-order valence-corrected chi connectivity index (χ3v) is 7.26. The molecule has 0 aromatic heterocycles. The Balaban J connectivity index is 1.99. The molecule has 7 heteroatoms. The van der Waals surface area contributed by atoms with Crippen molar-refractivity contribution in [3.8, 4) is 0 Å². The fourth-order valence-corrected chi connectivity index (χ4v) is 4.74. The quantitative estimate of drug-likeness (QED) is 0.661. The minimum absolute atomic E-state index is 0.0637. The van der Waals surface area contributed by atoms with E-state index in [1.807, 2.05) is 24.3 Å². The van der Waals surface area contributed by atoms with Crippen molar-refractivity contribution in [1.82, 2.24) is 0 Å². The Morgan fingerprint density at radius 3 is 2.83 bits per heavy atom. The molecular weight excluding hydrogens is 286 g/mol. The second kappa shape index (κ2) is 5.81. The molecule has 18 heavy (non-hydrogen) atoms. The highest BCUT2D eigenvalue weighted by Gasteiger charge is 2.18. The maximum absolute atomic E-state index is 11.0. The van der Waals surface area contributed by atoms with Crippen molar-refractivity contribution in [2.24, 2.45) is 10.2 Å². The van der Waals surface area contributed by atoms with Crippen LogP contribution in [0.25, 0.3) is 0 Å². The van der Waals surface area contributed by atoms with Crippen molar-refractivity contribution in [3.63, 3.8) is 0 Å². The van der Waals surface area contributed by atoms with E-state index in [1.165, 1.54) is 6.92 Å². The Hall–Kier alpha value is -0.920. The summed E-state index contributed by atoms with van der Waals surface area (Å²) in [5.41, 5.74) is 5.54. The highest BCUT2D eigenvalue weighted by Crippen LogP contribution is 2.62. The molecular formula is C11H13N3OS3. The molecule has 1 amide bonds. The van der Waals surface area contributed by atoms with Crippen LogP contribution < -0.4 is 5.32 Å². The molecule has 0 aliphatic carbocycles. The number of amides is 1. The lowest BCUT2D eigenvalue weighted by Gasteiger charge is -2.19. The summed E-state index contributed by atoms with van der Waals surface area (Å²) in [5.74, 6) is 0.746. The van der Waals surface area contributed by atoms with Gasteiger partial charge in [0.1, 0.15) is 0 Å². The van der Waals surface area contributed by atoms with Gasteiger partial charge in [0.25, 0.3) is 0 Å². The largest absolute Gasteiger partial charge is 0.326 e. The average Bonchev–Trinajstić information content (AvgIpc) is 2.74. The monoisotopic (exact) mass is 299 g/mol. The molecule has 0 atom stereocenters. The molecule has 0 spiro atoms. The lowest BCUT2D eigenvalue weighted by Crippen LogP contribution is -2.05. The van der Waals surface area contributed by atoms with E-state index in [4.69, 9.17) is 0 Å². The number of benzene rings is 1. The first-order valence-corrected chi connectivity index (χ1v) is 9.52. The van der Waals surface area contributed by atoms with Crippen LogP contribution in [0.15, 0.2) is 34.5 Å². The number of nitrogens with zero attached hydrogens (tertiary/aromatic N) is 2. The minimum atomic E-state index is -1.30. The maximum Gasteiger partial charge on any atom is 0.221 e. The summed E-state index contributed by atoms with van der Waals surface area (Å²) in [6.45, 7) is 1.50. The molecule has 1 aliphatic heterocycles. The van der Waals surface area contributed by atoms with Gasteiger partial charge < -0.3 is 5.32 Å². The third-order valence-electron chi connectivity index (χ3n) is 2.12. The first kappa shape index (κ1) is 13.5. The van der Waals surface area contributed by atoms with Crippen molar-refractivity contribution >= 4 is 53.2 Å². The van der Waals surface area contributed by atoms with Gasteiger partial charge >= 0.3 is 0 Å². The van der Waals surface area contributed by atoms with E-state index in [9.17, 15) is 4.79 Å². The summed E-state index contributed by atoms with van der Waals surface area (Å²) in [7, 11) is 0.406. The zero-order valence-electron chi connectivity index (χ0n) is 9.74. The van der Waals surface area contributed by atoms with Gasteiger partial charge in [0.05, 0.1) is 11.1 Å². The van der Waals surface area contributed by atoms with E-state index in [0.717, 1.165) is 17.0 Å². The number of thiol groups is 1. The topological polar surface area (TPSA) is 53.8 Å². The highest BCUT2D eigenvalue weighted by atomic mass is 33.5. The number of nitrogens with one attached hydrogen (secondary N) is 1. The van der Waals surface area contributed by atoms with Gasteiger partial charge in [-0.2, -0.15) is 10.2 Å². The fraction of sp³-hybridized carbons (Fsp3) is 0.182. The minimum Gasteiger partial charge on any atom is -0.326 e. The van der Waals surface area contributed by atoms with Gasteiger partial charge in [-0.25, -0.2) is 0 Å². The van der Waals surface area contributed by atoms with Gasteiger partial charge in [-0.15, -0.1) is 11.7 Å². The van der Waals surface area contributed by atoms with Crippen molar-refractivity contribution in [2.45, 2.75) is 12.7 Å². The van der Waals surface area contributed by atoms with Crippen LogP contribution in [0.4, 0.5) is 5.69 Å². The standard InChI is InChI=1S/C11H13N3OS3/c1-9(15)14-11-4-2-3-10(5-11)6-17-18(16)7-12-13-8-18/h2-5,7-8,16H,6H2,1H3,(H,14,15). The lowest BCUT2D eigenvalue weighted by molar-refractivity contribution is -0.114. The molecule has 1 heterocycles. The first-order valence-electron chi connectivity index (χ1n) is 5.20. The second-order valence-electron chi connectivity index (χ2n) is 3.70. The van der Waals surface area contributed by atoms with E-state index in [-0.39, 0.29) is 5.91 Å². The predicted octanol–water partition coefficient (Wildman–Crippen LogP) is 3.43. The lowest BCUT2D eigenvalue weighted by atomic mass is 10.2. The molecule has 4 nitrogen and oxygen atoms in total. The fourth-order valence-electron chi connectivity index (χ4n) is 1.38. The summed E-state index contributed by atoms with van der Waals surface area (Å²) in [6.07, 6.45) is 0. The molecule has 2 rings (SSSR count). The van der Waals surface area contributed by atoms with Gasteiger partial charge in [0.2, 0.25) is 5.91 Å². The van der Waals surface area contributed by atoms with Gasteiger partial charge in [-0.1, -0.05) is 31.0 Å². The Morgan fingerprint density at radius 2 is 2.17 bits per heavy atom. The molecule has 0 radical (unpaired) electrons. The van der Waals surface area contributed by atoms with Gasteiger partial charge in [-0.05, 0) is 17.7 Å². The van der Waals surface area contributed by atoms with Crippen LogP contribution in [0.2, 0.25) is 0 Å². The van der Waals surface area contributed by atoms with Crippen molar-refractivity contribution in [2.75, 3.05) is 5.32 Å². The number of rotatable bonds is 4. The first-order chi connectivity index (χ1) is 8.57. The Morgan fingerprint density at radius 1 is 1.44 bits per heavy atom. The van der Waals surface area contributed by atoms with E-state index >= 15 is 0 Å². The zero-order valence-corrected chi connectivity index (χ0v) is 12.3. The second-order valence-corrected chi connectivity index (χ2v) is 10.8. The molecule has 1 aliphatic rings. The summed E-state index contributed by atoms with van der Waals surface area (Å²) in [6, 6.07) is 7.79. The molecule has 1 N–H and O–H groups in total. The van der Waals surface area contributed by atoms with Gasteiger partial charge in [0.15, 0.2) is 0 Å². The van der Waals surface area contributed by atoms with E-state index < -0.39 is 8.09 Å². The summed E-state index contributed by atoms with van der Waals surface area (Å²) in [5, 5.41) is 10.4. The number of carbonyl (C=O) groups is 1. The van der Waals surface area contributed by atoms with Gasteiger partial charge in [-0.3, -0.25) is 4.79 Å². The Labute approximate surface area is 116 Å². The summed E-state index contributed by atoms with van der Waals surface area (Å²) < 4.78 is 0. The number of hydrogen-bond acceptors (Lipinski definition) is 5. The van der Waals surface area contributed by atoms with E-state index in [2.05, 4.69) is 27.2 Å². The molecule has 1 aromatic rings. The molecule has 0 fully saturated rings. The Bertz CT molecular complexity index is 504. The van der Waals surface area contributed by atoms with Crippen LogP contribution in [-0.2, 0) is 10.5 Å². The van der Waals surface area contributed by atoms with Crippen LogP contribution in [0.5, 0.6) is 0 Å². The maximum atomic E-state index is 11.0. The Kier molecular flexibility index (Phi) is 4.36. The molecule has 1 aromatic carbocycles. The smallest absolute Gasteiger partial charge is 0.221 e. The molecule has 0 saturated heterocycles. The molecule has 0 saturated carbocycles. The average molecular weight is 299 g/mol.